The Hall–Kier alpha value is -1.45. The summed E-state index contributed by atoms with van der Waals surface area (Å²) in [5.41, 5.74) is -0.738. The predicted molar refractivity (Wildman–Crippen MR) is 78.2 cm³/mol. The highest BCUT2D eigenvalue weighted by Gasteiger charge is 2.37. The van der Waals surface area contributed by atoms with Gasteiger partial charge in [0.2, 0.25) is 5.88 Å². The van der Waals surface area contributed by atoms with Crippen LogP contribution in [0.2, 0.25) is 5.02 Å². The quantitative estimate of drug-likeness (QED) is 0.923. The highest BCUT2D eigenvalue weighted by molar-refractivity contribution is 7.99. The molecule has 1 N–H and O–H groups in total. The molecule has 0 bridgehead atoms. The van der Waals surface area contributed by atoms with Crippen molar-refractivity contribution in [1.82, 2.24) is 10.3 Å². The summed E-state index contributed by atoms with van der Waals surface area (Å²) < 4.78 is 5.25. The smallest absolute Gasteiger partial charge is 0.272 e. The van der Waals surface area contributed by atoms with E-state index in [2.05, 4.69) is 16.4 Å². The van der Waals surface area contributed by atoms with Crippen LogP contribution in [0.1, 0.15) is 23.8 Å². The monoisotopic (exact) mass is 311 g/mol. The van der Waals surface area contributed by atoms with Crippen LogP contribution in [-0.2, 0) is 0 Å². The van der Waals surface area contributed by atoms with Crippen LogP contribution in [0.25, 0.3) is 0 Å². The molecule has 1 aromatic rings. The summed E-state index contributed by atoms with van der Waals surface area (Å²) in [4.78, 5) is 16.4. The van der Waals surface area contributed by atoms with Gasteiger partial charge >= 0.3 is 0 Å². The Balaban J connectivity index is 2.20. The van der Waals surface area contributed by atoms with Gasteiger partial charge in [0.15, 0.2) is 5.69 Å². The molecule has 0 aromatic carbocycles. The third kappa shape index (κ3) is 3.17. The Morgan fingerprint density at radius 3 is 3.10 bits per heavy atom. The number of thioether (sulfide) groups is 1. The molecule has 1 atom stereocenters. The van der Waals surface area contributed by atoms with Gasteiger partial charge in [-0.05, 0) is 25.2 Å². The van der Waals surface area contributed by atoms with Crippen LogP contribution in [0.3, 0.4) is 0 Å². The Labute approximate surface area is 126 Å². The van der Waals surface area contributed by atoms with Crippen molar-refractivity contribution in [2.24, 2.45) is 0 Å². The molecule has 1 fully saturated rings. The number of carbonyl (C=O) groups excluding carboxylic acids is 1. The zero-order chi connectivity index (χ0) is 14.6. The summed E-state index contributed by atoms with van der Waals surface area (Å²) in [7, 11) is 0. The Morgan fingerprint density at radius 2 is 2.50 bits per heavy atom. The SMILES string of the molecule is CCOc1ccc(Cl)c(C(=O)N[C@@]2(C#N)CCSC2)n1. The maximum Gasteiger partial charge on any atom is 0.272 e. The summed E-state index contributed by atoms with van der Waals surface area (Å²) >= 11 is 7.64. The Kier molecular flexibility index (Phi) is 4.73. The largest absolute Gasteiger partial charge is 0.478 e. The van der Waals surface area contributed by atoms with Crippen molar-refractivity contribution >= 4 is 29.3 Å². The second-order valence-corrected chi connectivity index (χ2v) is 5.88. The van der Waals surface area contributed by atoms with Crippen LogP contribution in [0, 0.1) is 11.3 Å². The lowest BCUT2D eigenvalue weighted by Crippen LogP contribution is -2.47. The van der Waals surface area contributed by atoms with E-state index in [1.165, 1.54) is 0 Å². The molecule has 0 aliphatic carbocycles. The molecule has 0 unspecified atom stereocenters. The highest BCUT2D eigenvalue weighted by atomic mass is 35.5. The number of carbonyl (C=O) groups is 1. The second-order valence-electron chi connectivity index (χ2n) is 4.36. The first-order chi connectivity index (χ1) is 9.60. The molecule has 0 radical (unpaired) electrons. The lowest BCUT2D eigenvalue weighted by Gasteiger charge is -2.21. The van der Waals surface area contributed by atoms with Gasteiger partial charge in [-0.2, -0.15) is 17.0 Å². The van der Waals surface area contributed by atoms with Crippen molar-refractivity contribution in [2.75, 3.05) is 18.1 Å². The molecule has 2 rings (SSSR count). The second kappa shape index (κ2) is 6.33. The Bertz CT molecular complexity index is 553. The van der Waals surface area contributed by atoms with Gasteiger partial charge in [0.05, 0.1) is 17.7 Å². The van der Waals surface area contributed by atoms with Gasteiger partial charge in [0, 0.05) is 11.8 Å². The van der Waals surface area contributed by atoms with Gasteiger partial charge < -0.3 is 10.1 Å². The maximum atomic E-state index is 12.3. The van der Waals surface area contributed by atoms with E-state index < -0.39 is 11.4 Å². The third-order valence-corrected chi connectivity index (χ3v) is 4.41. The van der Waals surface area contributed by atoms with Crippen molar-refractivity contribution in [2.45, 2.75) is 18.9 Å². The Morgan fingerprint density at radius 1 is 1.70 bits per heavy atom. The number of halogens is 1. The standard InChI is InChI=1S/C13H14ClN3O2S/c1-2-19-10-4-3-9(14)11(16-10)12(18)17-13(7-15)5-6-20-8-13/h3-4H,2,5-6,8H2,1H3,(H,17,18)/t13-/m1/s1. The molecule has 1 amide bonds. The number of pyridine rings is 1. The molecular formula is C13H14ClN3O2S. The van der Waals surface area contributed by atoms with Crippen molar-refractivity contribution in [3.63, 3.8) is 0 Å². The van der Waals surface area contributed by atoms with Gasteiger partial charge in [0.25, 0.3) is 5.91 Å². The number of aromatic nitrogens is 1. The molecule has 0 saturated carbocycles. The van der Waals surface area contributed by atoms with E-state index >= 15 is 0 Å². The lowest BCUT2D eigenvalue weighted by atomic mass is 10.0. The van der Waals surface area contributed by atoms with Crippen LogP contribution in [-0.4, -0.2) is 34.5 Å². The van der Waals surface area contributed by atoms with Crippen molar-refractivity contribution in [3.8, 4) is 11.9 Å². The van der Waals surface area contributed by atoms with Gasteiger partial charge in [0.1, 0.15) is 5.54 Å². The molecule has 5 nitrogen and oxygen atoms in total. The number of nitrogens with one attached hydrogen (secondary N) is 1. The van der Waals surface area contributed by atoms with Gasteiger partial charge in [-0.1, -0.05) is 11.6 Å². The van der Waals surface area contributed by atoms with Gasteiger partial charge in [-0.25, -0.2) is 4.98 Å². The maximum absolute atomic E-state index is 12.3. The minimum atomic E-state index is -0.825. The van der Waals surface area contributed by atoms with E-state index in [9.17, 15) is 10.1 Å². The average Bonchev–Trinajstić information content (AvgIpc) is 2.90. The molecular weight excluding hydrogens is 298 g/mol. The molecule has 1 aliphatic rings. The summed E-state index contributed by atoms with van der Waals surface area (Å²) in [6.07, 6.45) is 0.628. The number of rotatable bonds is 4. The topological polar surface area (TPSA) is 75.0 Å². The number of hydrogen-bond acceptors (Lipinski definition) is 5. The fraction of sp³-hybridized carbons (Fsp3) is 0.462. The van der Waals surface area contributed by atoms with Crippen molar-refractivity contribution in [3.05, 3.63) is 22.8 Å². The van der Waals surface area contributed by atoms with Crippen LogP contribution in [0.5, 0.6) is 5.88 Å². The molecule has 7 heteroatoms. The fourth-order valence-corrected chi connectivity index (χ4v) is 3.33. The average molecular weight is 312 g/mol. The molecule has 1 saturated heterocycles. The first kappa shape index (κ1) is 14.9. The van der Waals surface area contributed by atoms with Crippen LogP contribution in [0.15, 0.2) is 12.1 Å². The number of nitrogens with zero attached hydrogens (tertiary/aromatic N) is 2. The van der Waals surface area contributed by atoms with E-state index in [-0.39, 0.29) is 10.7 Å². The molecule has 20 heavy (non-hydrogen) atoms. The van der Waals surface area contributed by atoms with E-state index in [1.54, 1.807) is 23.9 Å². The van der Waals surface area contributed by atoms with Crippen LogP contribution >= 0.6 is 23.4 Å². The van der Waals surface area contributed by atoms with Crippen molar-refractivity contribution < 1.29 is 9.53 Å². The highest BCUT2D eigenvalue weighted by Crippen LogP contribution is 2.28. The zero-order valence-corrected chi connectivity index (χ0v) is 12.6. The summed E-state index contributed by atoms with van der Waals surface area (Å²) in [6, 6.07) is 5.35. The summed E-state index contributed by atoms with van der Waals surface area (Å²) in [6.45, 7) is 2.28. The van der Waals surface area contributed by atoms with Crippen LogP contribution < -0.4 is 10.1 Å². The number of nitriles is 1. The van der Waals surface area contributed by atoms with E-state index in [1.807, 2.05) is 6.92 Å². The van der Waals surface area contributed by atoms with E-state index in [0.717, 1.165) is 5.75 Å². The zero-order valence-electron chi connectivity index (χ0n) is 11.0. The van der Waals surface area contributed by atoms with Crippen LogP contribution in [0.4, 0.5) is 0 Å². The lowest BCUT2D eigenvalue weighted by molar-refractivity contribution is 0.0920. The molecule has 1 aliphatic heterocycles. The molecule has 0 spiro atoms. The molecule has 2 heterocycles. The van der Waals surface area contributed by atoms with E-state index in [0.29, 0.717) is 24.7 Å². The summed E-state index contributed by atoms with van der Waals surface area (Å²) in [5.74, 6) is 1.33. The third-order valence-electron chi connectivity index (χ3n) is 2.92. The number of ether oxygens (including phenoxy) is 1. The minimum Gasteiger partial charge on any atom is -0.478 e. The summed E-state index contributed by atoms with van der Waals surface area (Å²) in [5, 5.41) is 12.2. The fourth-order valence-electron chi connectivity index (χ4n) is 1.87. The molecule has 106 valence electrons. The normalized spacial score (nSPS) is 21.2. The van der Waals surface area contributed by atoms with Gasteiger partial charge in [-0.3, -0.25) is 4.79 Å². The first-order valence-corrected chi connectivity index (χ1v) is 7.74. The number of amides is 1. The minimum absolute atomic E-state index is 0.0872. The molecule has 1 aromatic heterocycles. The number of hydrogen-bond donors (Lipinski definition) is 1. The van der Waals surface area contributed by atoms with E-state index in [4.69, 9.17) is 16.3 Å². The predicted octanol–water partition coefficient (Wildman–Crippen LogP) is 2.26. The van der Waals surface area contributed by atoms with Crippen molar-refractivity contribution in [1.29, 1.82) is 5.26 Å². The first-order valence-electron chi connectivity index (χ1n) is 6.21. The van der Waals surface area contributed by atoms with Gasteiger partial charge in [-0.15, -0.1) is 0 Å².